The molecule has 2 aromatic carbocycles. The molecule has 18 heavy (non-hydrogen) atoms. The normalized spacial score (nSPS) is 10.7. The van der Waals surface area contributed by atoms with Gasteiger partial charge in [-0.15, -0.1) is 0 Å². The van der Waals surface area contributed by atoms with Crippen molar-refractivity contribution in [2.24, 2.45) is 0 Å². The van der Waals surface area contributed by atoms with Crippen molar-refractivity contribution in [3.8, 4) is 11.5 Å². The van der Waals surface area contributed by atoms with Crippen molar-refractivity contribution >= 4 is 5.69 Å². The standard InChI is InChI=1S/C15H16FNO/c1-10(2)12-5-3-4-6-14(12)18-15-9-11(16)7-8-13(15)17/h3-10H,17H2,1-2H3. The highest BCUT2D eigenvalue weighted by Gasteiger charge is 2.10. The number of hydrogen-bond acceptors (Lipinski definition) is 2. The lowest BCUT2D eigenvalue weighted by Gasteiger charge is -2.14. The highest BCUT2D eigenvalue weighted by Crippen LogP contribution is 2.33. The van der Waals surface area contributed by atoms with Gasteiger partial charge < -0.3 is 10.5 Å². The molecule has 2 rings (SSSR count). The topological polar surface area (TPSA) is 35.2 Å². The van der Waals surface area contributed by atoms with E-state index >= 15 is 0 Å². The summed E-state index contributed by atoms with van der Waals surface area (Å²) >= 11 is 0. The van der Waals surface area contributed by atoms with Crippen LogP contribution in [0.1, 0.15) is 25.3 Å². The van der Waals surface area contributed by atoms with Crippen molar-refractivity contribution in [2.45, 2.75) is 19.8 Å². The lowest BCUT2D eigenvalue weighted by molar-refractivity contribution is 0.470. The lowest BCUT2D eigenvalue weighted by Crippen LogP contribution is -1.97. The van der Waals surface area contributed by atoms with Gasteiger partial charge in [-0.25, -0.2) is 4.39 Å². The Kier molecular flexibility index (Phi) is 3.51. The number of ether oxygens (including phenoxy) is 1. The number of anilines is 1. The average Bonchev–Trinajstić information content (AvgIpc) is 2.34. The maximum absolute atomic E-state index is 13.2. The molecule has 2 nitrogen and oxygen atoms in total. The first kappa shape index (κ1) is 12.4. The van der Waals surface area contributed by atoms with E-state index in [0.29, 0.717) is 23.1 Å². The molecule has 0 atom stereocenters. The predicted octanol–water partition coefficient (Wildman–Crippen LogP) is 4.32. The number of benzene rings is 2. The number of rotatable bonds is 3. The molecule has 0 heterocycles. The summed E-state index contributed by atoms with van der Waals surface area (Å²) in [6.45, 7) is 4.16. The largest absolute Gasteiger partial charge is 0.455 e. The minimum Gasteiger partial charge on any atom is -0.455 e. The fourth-order valence-electron chi connectivity index (χ4n) is 1.77. The third kappa shape index (κ3) is 2.62. The van der Waals surface area contributed by atoms with E-state index in [4.69, 9.17) is 10.5 Å². The molecule has 0 amide bonds. The molecule has 3 heteroatoms. The summed E-state index contributed by atoms with van der Waals surface area (Å²) in [7, 11) is 0. The molecule has 94 valence electrons. The minimum atomic E-state index is -0.360. The smallest absolute Gasteiger partial charge is 0.153 e. The summed E-state index contributed by atoms with van der Waals surface area (Å²) < 4.78 is 18.9. The van der Waals surface area contributed by atoms with Gasteiger partial charge in [0.2, 0.25) is 0 Å². The first-order valence-corrected chi connectivity index (χ1v) is 5.89. The zero-order chi connectivity index (χ0) is 13.1. The molecule has 0 aliphatic carbocycles. The van der Waals surface area contributed by atoms with E-state index in [2.05, 4.69) is 13.8 Å². The van der Waals surface area contributed by atoms with Crippen LogP contribution in [-0.4, -0.2) is 0 Å². The number of hydrogen-bond donors (Lipinski definition) is 1. The third-order valence-corrected chi connectivity index (χ3v) is 2.74. The van der Waals surface area contributed by atoms with Crippen LogP contribution >= 0.6 is 0 Å². The van der Waals surface area contributed by atoms with Gasteiger partial charge in [0.1, 0.15) is 11.6 Å². The predicted molar refractivity (Wildman–Crippen MR) is 71.4 cm³/mol. The molecule has 0 unspecified atom stereocenters. The van der Waals surface area contributed by atoms with Crippen molar-refractivity contribution in [1.82, 2.24) is 0 Å². The molecule has 2 N–H and O–H groups in total. The number of nitrogens with two attached hydrogens (primary N) is 1. The maximum atomic E-state index is 13.2. The summed E-state index contributed by atoms with van der Waals surface area (Å²) in [5.74, 6) is 1.03. The van der Waals surface area contributed by atoms with Crippen LogP contribution in [0.5, 0.6) is 11.5 Å². The zero-order valence-electron chi connectivity index (χ0n) is 10.5. The molecular formula is C15H16FNO. The number of halogens is 1. The van der Waals surface area contributed by atoms with Gasteiger partial charge in [0, 0.05) is 6.07 Å². The average molecular weight is 245 g/mol. The second-order valence-corrected chi connectivity index (χ2v) is 4.48. The van der Waals surface area contributed by atoms with Crippen LogP contribution in [0.4, 0.5) is 10.1 Å². The van der Waals surface area contributed by atoms with Gasteiger partial charge in [0.05, 0.1) is 5.69 Å². The Bertz CT molecular complexity index is 552. The first-order chi connectivity index (χ1) is 8.58. The van der Waals surface area contributed by atoms with E-state index in [0.717, 1.165) is 5.56 Å². The van der Waals surface area contributed by atoms with E-state index < -0.39 is 0 Å². The second-order valence-electron chi connectivity index (χ2n) is 4.48. The van der Waals surface area contributed by atoms with E-state index in [1.54, 1.807) is 0 Å². The summed E-state index contributed by atoms with van der Waals surface area (Å²) in [5, 5.41) is 0. The van der Waals surface area contributed by atoms with E-state index in [1.165, 1.54) is 18.2 Å². The molecule has 0 saturated heterocycles. The van der Waals surface area contributed by atoms with Crippen molar-refractivity contribution in [2.75, 3.05) is 5.73 Å². The molecule has 0 aromatic heterocycles. The molecule has 0 fully saturated rings. The quantitative estimate of drug-likeness (QED) is 0.817. The Morgan fingerprint density at radius 3 is 2.50 bits per heavy atom. The first-order valence-electron chi connectivity index (χ1n) is 5.89. The molecule has 0 spiro atoms. The van der Waals surface area contributed by atoms with Crippen LogP contribution in [0, 0.1) is 5.82 Å². The van der Waals surface area contributed by atoms with Crippen LogP contribution in [0.2, 0.25) is 0 Å². The second kappa shape index (κ2) is 5.08. The summed E-state index contributed by atoms with van der Waals surface area (Å²) in [5.41, 5.74) is 7.27. The zero-order valence-corrected chi connectivity index (χ0v) is 10.5. The van der Waals surface area contributed by atoms with Crippen LogP contribution in [-0.2, 0) is 0 Å². The minimum absolute atomic E-state index is 0.330. The van der Waals surface area contributed by atoms with Gasteiger partial charge in [-0.2, -0.15) is 0 Å². The highest BCUT2D eigenvalue weighted by atomic mass is 19.1. The van der Waals surface area contributed by atoms with E-state index in [9.17, 15) is 4.39 Å². The van der Waals surface area contributed by atoms with Crippen LogP contribution in [0.15, 0.2) is 42.5 Å². The fraction of sp³-hybridized carbons (Fsp3) is 0.200. The van der Waals surface area contributed by atoms with E-state index in [-0.39, 0.29) is 5.82 Å². The Morgan fingerprint density at radius 1 is 1.06 bits per heavy atom. The summed E-state index contributed by atoms with van der Waals surface area (Å²) in [4.78, 5) is 0. The molecular weight excluding hydrogens is 229 g/mol. The fourth-order valence-corrected chi connectivity index (χ4v) is 1.77. The summed E-state index contributed by atoms with van der Waals surface area (Å²) in [6.07, 6.45) is 0. The van der Waals surface area contributed by atoms with Crippen molar-refractivity contribution in [3.05, 3.63) is 53.8 Å². The molecule has 2 aromatic rings. The lowest BCUT2D eigenvalue weighted by atomic mass is 10.0. The van der Waals surface area contributed by atoms with E-state index in [1.807, 2.05) is 24.3 Å². The van der Waals surface area contributed by atoms with Gasteiger partial charge in [-0.3, -0.25) is 0 Å². The Morgan fingerprint density at radius 2 is 1.78 bits per heavy atom. The number of para-hydroxylation sites is 1. The highest BCUT2D eigenvalue weighted by molar-refractivity contribution is 5.54. The summed E-state index contributed by atoms with van der Waals surface area (Å²) in [6, 6.07) is 11.8. The Hall–Kier alpha value is -2.03. The van der Waals surface area contributed by atoms with Gasteiger partial charge in [0.15, 0.2) is 5.75 Å². The van der Waals surface area contributed by atoms with Gasteiger partial charge in [-0.1, -0.05) is 32.0 Å². The Labute approximate surface area is 106 Å². The molecule has 0 radical (unpaired) electrons. The van der Waals surface area contributed by atoms with Crippen LogP contribution < -0.4 is 10.5 Å². The third-order valence-electron chi connectivity index (χ3n) is 2.74. The maximum Gasteiger partial charge on any atom is 0.153 e. The molecule has 0 bridgehead atoms. The molecule has 0 aliphatic heterocycles. The van der Waals surface area contributed by atoms with Gasteiger partial charge in [0.25, 0.3) is 0 Å². The van der Waals surface area contributed by atoms with Crippen molar-refractivity contribution < 1.29 is 9.13 Å². The van der Waals surface area contributed by atoms with Gasteiger partial charge >= 0.3 is 0 Å². The van der Waals surface area contributed by atoms with Gasteiger partial charge in [-0.05, 0) is 29.7 Å². The van der Waals surface area contributed by atoms with Crippen LogP contribution in [0.3, 0.4) is 0 Å². The van der Waals surface area contributed by atoms with Crippen LogP contribution in [0.25, 0.3) is 0 Å². The molecule has 0 saturated carbocycles. The SMILES string of the molecule is CC(C)c1ccccc1Oc1cc(F)ccc1N. The number of nitrogen functional groups attached to an aromatic ring is 1. The molecule has 0 aliphatic rings. The van der Waals surface area contributed by atoms with Crippen molar-refractivity contribution in [1.29, 1.82) is 0 Å². The monoisotopic (exact) mass is 245 g/mol. The van der Waals surface area contributed by atoms with Crippen molar-refractivity contribution in [3.63, 3.8) is 0 Å². The Balaban J connectivity index is 2.37.